The Morgan fingerprint density at radius 1 is 1.45 bits per heavy atom. The minimum atomic E-state index is -0.357. The maximum absolute atomic E-state index is 10.2. The molecule has 0 aliphatic heterocycles. The van der Waals surface area contributed by atoms with Crippen LogP contribution in [0.3, 0.4) is 0 Å². The Morgan fingerprint density at radius 2 is 2.18 bits per heavy atom. The van der Waals surface area contributed by atoms with E-state index in [1.165, 1.54) is 6.92 Å². The zero-order chi connectivity index (χ0) is 8.53. The van der Waals surface area contributed by atoms with Gasteiger partial charge in [0.05, 0.1) is 0 Å². The predicted octanol–water partition coefficient (Wildman–Crippen LogP) is 0.190. The van der Waals surface area contributed by atoms with Crippen LogP contribution in [0.2, 0.25) is 0 Å². The van der Waals surface area contributed by atoms with Crippen molar-refractivity contribution < 1.29 is 9.53 Å². The first kappa shape index (κ1) is 9.15. The topological polar surface area (TPSA) is 26.3 Å². The summed E-state index contributed by atoms with van der Waals surface area (Å²) in [7, 11) is 0. The van der Waals surface area contributed by atoms with Crippen LogP contribution in [-0.2, 0) is 9.53 Å². The van der Waals surface area contributed by atoms with Crippen LogP contribution in [0.4, 0.5) is 0 Å². The molecule has 11 heavy (non-hydrogen) atoms. The number of carbonyl (C=O) groups excluding carboxylic acids is 1. The molecule has 0 aromatic carbocycles. The summed E-state index contributed by atoms with van der Waals surface area (Å²) in [6.45, 7) is 1.38. The van der Waals surface area contributed by atoms with Gasteiger partial charge in [0.1, 0.15) is 0 Å². The molecule has 2 heteroatoms. The van der Waals surface area contributed by atoms with Crippen LogP contribution in [0.5, 0.6) is 0 Å². The minimum absolute atomic E-state index is 0.0641. The van der Waals surface area contributed by atoms with E-state index in [1.807, 2.05) is 0 Å². The predicted molar refractivity (Wildman–Crippen MR) is 41.0 cm³/mol. The number of ether oxygens (including phenoxy) is 1. The van der Waals surface area contributed by atoms with Gasteiger partial charge >= 0.3 is 5.97 Å². The Bertz CT molecular complexity index is 285. The highest BCUT2D eigenvalue weighted by atomic mass is 16.5. The van der Waals surface area contributed by atoms with E-state index in [4.69, 9.17) is 6.42 Å². The summed E-state index contributed by atoms with van der Waals surface area (Å²) in [6.07, 6.45) is 4.81. The van der Waals surface area contributed by atoms with Gasteiger partial charge in [-0.1, -0.05) is 0 Å². The van der Waals surface area contributed by atoms with Crippen molar-refractivity contribution in [1.82, 2.24) is 0 Å². The number of esters is 1. The third-order valence-corrected chi connectivity index (χ3v) is 0.633. The van der Waals surface area contributed by atoms with E-state index in [1.54, 1.807) is 0 Å². The van der Waals surface area contributed by atoms with Gasteiger partial charge in [0.25, 0.3) is 0 Å². The summed E-state index contributed by atoms with van der Waals surface area (Å²) < 4.78 is 4.49. The van der Waals surface area contributed by atoms with Crippen molar-refractivity contribution >= 4 is 5.97 Å². The second-order valence-electron chi connectivity index (χ2n) is 1.48. The molecule has 0 aliphatic carbocycles. The molecule has 0 unspecified atom stereocenters. The third-order valence-electron chi connectivity index (χ3n) is 0.633. The summed E-state index contributed by atoms with van der Waals surface area (Å²) in [5.41, 5.74) is 0. The molecule has 0 aromatic heterocycles. The number of rotatable bonds is 1. The Morgan fingerprint density at radius 3 is 2.73 bits per heavy atom. The molecule has 0 heterocycles. The first-order valence-electron chi connectivity index (χ1n) is 2.84. The minimum Gasteiger partial charge on any atom is -0.453 e. The molecule has 0 aromatic rings. The zero-order valence-electron chi connectivity index (χ0n) is 6.10. The molecule has 0 atom stereocenters. The fourth-order valence-electron chi connectivity index (χ4n) is 0.285. The van der Waals surface area contributed by atoms with Crippen molar-refractivity contribution in [1.29, 1.82) is 0 Å². The summed E-state index contributed by atoms with van der Waals surface area (Å²) in [6, 6.07) is 0. The quantitative estimate of drug-likeness (QED) is 0.390. The monoisotopic (exact) mass is 146 g/mol. The van der Waals surface area contributed by atoms with E-state index in [-0.39, 0.29) is 12.6 Å². The van der Waals surface area contributed by atoms with Crippen LogP contribution in [0, 0.1) is 36.0 Å². The maximum Gasteiger partial charge on any atom is 0.303 e. The highest BCUT2D eigenvalue weighted by molar-refractivity contribution is 5.66. The zero-order valence-corrected chi connectivity index (χ0v) is 6.10. The number of hydrogen-bond donors (Lipinski definition) is 0. The molecule has 0 amide bonds. The van der Waals surface area contributed by atoms with Crippen molar-refractivity contribution in [3.63, 3.8) is 0 Å². The van der Waals surface area contributed by atoms with Crippen LogP contribution in [0.1, 0.15) is 6.92 Å². The number of hydrogen-bond acceptors (Lipinski definition) is 2. The third kappa shape index (κ3) is 8.15. The smallest absolute Gasteiger partial charge is 0.303 e. The SMILES string of the molecule is C#CC#CC#CCOC(C)=O. The van der Waals surface area contributed by atoms with Gasteiger partial charge in [0.15, 0.2) is 6.61 Å². The first-order chi connectivity index (χ1) is 5.27. The van der Waals surface area contributed by atoms with E-state index >= 15 is 0 Å². The van der Waals surface area contributed by atoms with Crippen molar-refractivity contribution in [3.8, 4) is 36.0 Å². The highest BCUT2D eigenvalue weighted by Gasteiger charge is 1.84. The molecule has 0 saturated heterocycles. The lowest BCUT2D eigenvalue weighted by atomic mass is 10.5. The van der Waals surface area contributed by atoms with Gasteiger partial charge in [-0.3, -0.25) is 4.79 Å². The summed E-state index contributed by atoms with van der Waals surface area (Å²) in [4.78, 5) is 10.2. The van der Waals surface area contributed by atoms with Crippen LogP contribution >= 0.6 is 0 Å². The number of terminal acetylenes is 1. The Labute approximate surface area is 65.9 Å². The first-order valence-corrected chi connectivity index (χ1v) is 2.84. The summed E-state index contributed by atoms with van der Waals surface area (Å²) in [5.74, 6) is 11.3. The van der Waals surface area contributed by atoms with Crippen molar-refractivity contribution in [3.05, 3.63) is 0 Å². The van der Waals surface area contributed by atoms with E-state index in [0.717, 1.165) is 0 Å². The van der Waals surface area contributed by atoms with E-state index in [9.17, 15) is 4.79 Å². The molecule has 0 bridgehead atoms. The lowest BCUT2D eigenvalue weighted by molar-refractivity contribution is -0.139. The molecule has 2 nitrogen and oxygen atoms in total. The summed E-state index contributed by atoms with van der Waals surface area (Å²) >= 11 is 0. The van der Waals surface area contributed by atoms with Gasteiger partial charge in [0.2, 0.25) is 0 Å². The van der Waals surface area contributed by atoms with Crippen molar-refractivity contribution in [2.24, 2.45) is 0 Å². The highest BCUT2D eigenvalue weighted by Crippen LogP contribution is 1.71. The Kier molecular flexibility index (Phi) is 5.22. The molecular weight excluding hydrogens is 140 g/mol. The van der Waals surface area contributed by atoms with E-state index < -0.39 is 0 Å². The van der Waals surface area contributed by atoms with Gasteiger partial charge in [0, 0.05) is 6.92 Å². The largest absolute Gasteiger partial charge is 0.453 e. The van der Waals surface area contributed by atoms with Crippen molar-refractivity contribution in [2.45, 2.75) is 6.92 Å². The van der Waals surface area contributed by atoms with Crippen LogP contribution in [-0.4, -0.2) is 12.6 Å². The lowest BCUT2D eigenvalue weighted by Gasteiger charge is -1.89. The fraction of sp³-hybridized carbons (Fsp3) is 0.222. The van der Waals surface area contributed by atoms with E-state index in [0.29, 0.717) is 0 Å². The molecule has 0 N–H and O–H groups in total. The fourth-order valence-corrected chi connectivity index (χ4v) is 0.285. The molecule has 0 saturated carbocycles. The van der Waals surface area contributed by atoms with E-state index in [2.05, 4.69) is 34.3 Å². The molecule has 0 aliphatic rings. The van der Waals surface area contributed by atoms with Crippen LogP contribution in [0.25, 0.3) is 0 Å². The second-order valence-corrected chi connectivity index (χ2v) is 1.48. The average Bonchev–Trinajstić information content (AvgIpc) is 1.96. The molecule has 0 rings (SSSR count). The lowest BCUT2D eigenvalue weighted by Crippen LogP contribution is -1.97. The maximum atomic E-state index is 10.2. The molecule has 0 spiro atoms. The van der Waals surface area contributed by atoms with Gasteiger partial charge in [-0.25, -0.2) is 0 Å². The molecule has 0 fully saturated rings. The standard InChI is InChI=1S/C9H6O2/c1-3-4-5-6-7-8-11-9(2)10/h1H,8H2,2H3. The van der Waals surface area contributed by atoms with Gasteiger partial charge in [-0.05, 0) is 29.6 Å². The van der Waals surface area contributed by atoms with Gasteiger partial charge < -0.3 is 4.74 Å². The van der Waals surface area contributed by atoms with Gasteiger partial charge in [-0.15, -0.1) is 6.42 Å². The number of carbonyl (C=O) groups is 1. The molecule has 0 radical (unpaired) electrons. The van der Waals surface area contributed by atoms with Crippen LogP contribution < -0.4 is 0 Å². The average molecular weight is 146 g/mol. The summed E-state index contributed by atoms with van der Waals surface area (Å²) in [5, 5.41) is 0. The normalized spacial score (nSPS) is 5.82. The molecular formula is C9H6O2. The van der Waals surface area contributed by atoms with Gasteiger partial charge in [-0.2, -0.15) is 0 Å². The van der Waals surface area contributed by atoms with Crippen LogP contribution in [0.15, 0.2) is 0 Å². The molecule has 54 valence electrons. The van der Waals surface area contributed by atoms with Crippen molar-refractivity contribution in [2.75, 3.05) is 6.61 Å². The Balaban J connectivity index is 3.59. The Hall–Kier alpha value is -1.85. The second kappa shape index (κ2) is 6.27.